The van der Waals surface area contributed by atoms with E-state index in [0.29, 0.717) is 12.2 Å². The molecule has 0 N–H and O–H groups in total. The van der Waals surface area contributed by atoms with Crippen LogP contribution in [0.25, 0.3) is 0 Å². The second-order valence-electron chi connectivity index (χ2n) is 4.69. The highest BCUT2D eigenvalue weighted by molar-refractivity contribution is 5.26. The Labute approximate surface area is 112 Å². The number of hydrogen-bond acceptors (Lipinski definition) is 1. The van der Waals surface area contributed by atoms with E-state index in [1.54, 1.807) is 19.1 Å². The number of hydrogen-bond donors (Lipinski definition) is 0. The Morgan fingerprint density at radius 1 is 1.11 bits per heavy atom. The number of aryl methyl sites for hydroxylation is 1. The molecular weight excluding hydrogens is 253 g/mol. The third-order valence-electron chi connectivity index (χ3n) is 3.44. The largest absolute Gasteiger partial charge is 0.392 e. The number of halogens is 3. The molecule has 1 rings (SSSR count). The average molecular weight is 274 g/mol. The van der Waals surface area contributed by atoms with Gasteiger partial charge < -0.3 is 4.74 Å². The second-order valence-corrected chi connectivity index (χ2v) is 4.69. The van der Waals surface area contributed by atoms with Gasteiger partial charge in [-0.05, 0) is 24.5 Å². The zero-order valence-corrected chi connectivity index (χ0v) is 11.6. The van der Waals surface area contributed by atoms with Gasteiger partial charge in [-0.1, -0.05) is 38.1 Å². The standard InChI is InChI=1S/C15H21F3O/c1-4-12-6-8-13(9-7-12)14(10-19-5-2)11(3)15(16,17)18/h6-9,11,14H,4-5,10H2,1-3H3. The average Bonchev–Trinajstić information content (AvgIpc) is 2.38. The van der Waals surface area contributed by atoms with Crippen LogP contribution >= 0.6 is 0 Å². The molecule has 0 saturated heterocycles. The van der Waals surface area contributed by atoms with Gasteiger partial charge in [-0.25, -0.2) is 0 Å². The fraction of sp³-hybridized carbons (Fsp3) is 0.600. The van der Waals surface area contributed by atoms with Crippen molar-refractivity contribution in [3.63, 3.8) is 0 Å². The monoisotopic (exact) mass is 274 g/mol. The summed E-state index contributed by atoms with van der Waals surface area (Å²) in [6, 6.07) is 7.34. The van der Waals surface area contributed by atoms with Gasteiger partial charge in [0.05, 0.1) is 12.5 Å². The Hall–Kier alpha value is -1.03. The van der Waals surface area contributed by atoms with Crippen LogP contribution in [0.3, 0.4) is 0 Å². The van der Waals surface area contributed by atoms with E-state index in [-0.39, 0.29) is 6.61 Å². The van der Waals surface area contributed by atoms with Crippen molar-refractivity contribution in [3.8, 4) is 0 Å². The summed E-state index contributed by atoms with van der Waals surface area (Å²) in [4.78, 5) is 0. The lowest BCUT2D eigenvalue weighted by atomic mass is 9.87. The van der Waals surface area contributed by atoms with Crippen molar-refractivity contribution < 1.29 is 17.9 Å². The van der Waals surface area contributed by atoms with Gasteiger partial charge in [0, 0.05) is 12.5 Å². The molecule has 2 unspecified atom stereocenters. The summed E-state index contributed by atoms with van der Waals surface area (Å²) in [5.74, 6) is -2.06. The molecule has 0 heterocycles. The van der Waals surface area contributed by atoms with Crippen molar-refractivity contribution in [3.05, 3.63) is 35.4 Å². The van der Waals surface area contributed by atoms with Crippen LogP contribution in [-0.2, 0) is 11.2 Å². The van der Waals surface area contributed by atoms with E-state index in [2.05, 4.69) is 0 Å². The third kappa shape index (κ3) is 4.53. The molecule has 19 heavy (non-hydrogen) atoms. The Morgan fingerprint density at radius 2 is 1.68 bits per heavy atom. The highest BCUT2D eigenvalue weighted by Gasteiger charge is 2.41. The molecule has 0 bridgehead atoms. The zero-order valence-electron chi connectivity index (χ0n) is 11.6. The van der Waals surface area contributed by atoms with Crippen LogP contribution in [-0.4, -0.2) is 19.4 Å². The van der Waals surface area contributed by atoms with Crippen LogP contribution in [0.2, 0.25) is 0 Å². The predicted molar refractivity (Wildman–Crippen MR) is 70.3 cm³/mol. The van der Waals surface area contributed by atoms with E-state index in [9.17, 15) is 13.2 Å². The van der Waals surface area contributed by atoms with Gasteiger partial charge in [-0.2, -0.15) is 13.2 Å². The van der Waals surface area contributed by atoms with E-state index in [1.807, 2.05) is 19.1 Å². The van der Waals surface area contributed by atoms with E-state index in [0.717, 1.165) is 12.0 Å². The van der Waals surface area contributed by atoms with E-state index >= 15 is 0 Å². The molecule has 0 aromatic heterocycles. The molecule has 1 aromatic rings. The summed E-state index contributed by atoms with van der Waals surface area (Å²) >= 11 is 0. The van der Waals surface area contributed by atoms with Crippen LogP contribution < -0.4 is 0 Å². The van der Waals surface area contributed by atoms with Crippen LogP contribution in [0.4, 0.5) is 13.2 Å². The summed E-state index contributed by atoms with van der Waals surface area (Å²) in [7, 11) is 0. The fourth-order valence-electron chi connectivity index (χ4n) is 2.00. The van der Waals surface area contributed by atoms with Crippen molar-refractivity contribution >= 4 is 0 Å². The van der Waals surface area contributed by atoms with Gasteiger partial charge in [-0.15, -0.1) is 0 Å². The summed E-state index contributed by atoms with van der Waals surface area (Å²) < 4.78 is 43.9. The maximum Gasteiger partial charge on any atom is 0.392 e. The van der Waals surface area contributed by atoms with Crippen molar-refractivity contribution in [2.24, 2.45) is 5.92 Å². The molecule has 0 amide bonds. The van der Waals surface area contributed by atoms with Crippen molar-refractivity contribution in [1.29, 1.82) is 0 Å². The van der Waals surface area contributed by atoms with Gasteiger partial charge in [-0.3, -0.25) is 0 Å². The minimum Gasteiger partial charge on any atom is -0.381 e. The molecule has 0 spiro atoms. The molecule has 2 atom stereocenters. The predicted octanol–water partition coefficient (Wildman–Crippen LogP) is 4.57. The normalized spacial score (nSPS) is 15.3. The number of rotatable bonds is 6. The quantitative estimate of drug-likeness (QED) is 0.738. The van der Waals surface area contributed by atoms with Gasteiger partial charge in [0.15, 0.2) is 0 Å². The highest BCUT2D eigenvalue weighted by atomic mass is 19.4. The maximum atomic E-state index is 12.9. The molecule has 0 aliphatic heterocycles. The molecule has 0 fully saturated rings. The Balaban J connectivity index is 2.94. The summed E-state index contributed by atoms with van der Waals surface area (Å²) in [5, 5.41) is 0. The number of ether oxygens (including phenoxy) is 1. The lowest BCUT2D eigenvalue weighted by molar-refractivity contribution is -0.179. The molecule has 0 saturated carbocycles. The molecule has 108 valence electrons. The Kier molecular flexibility index (Phi) is 5.85. The van der Waals surface area contributed by atoms with Gasteiger partial charge in [0.25, 0.3) is 0 Å². The summed E-state index contributed by atoms with van der Waals surface area (Å²) in [5.41, 5.74) is 1.81. The van der Waals surface area contributed by atoms with Crippen LogP contribution in [0.5, 0.6) is 0 Å². The zero-order chi connectivity index (χ0) is 14.5. The van der Waals surface area contributed by atoms with Gasteiger partial charge in [0.2, 0.25) is 0 Å². The molecule has 0 aliphatic rings. The van der Waals surface area contributed by atoms with Crippen molar-refractivity contribution in [2.45, 2.75) is 39.3 Å². The van der Waals surface area contributed by atoms with Crippen molar-refractivity contribution in [2.75, 3.05) is 13.2 Å². The molecule has 4 heteroatoms. The first kappa shape index (κ1) is 16.0. The highest BCUT2D eigenvalue weighted by Crippen LogP contribution is 2.37. The minimum atomic E-state index is -4.20. The van der Waals surface area contributed by atoms with Crippen LogP contribution in [0, 0.1) is 5.92 Å². The topological polar surface area (TPSA) is 9.23 Å². The lowest BCUT2D eigenvalue weighted by Crippen LogP contribution is -2.29. The SMILES string of the molecule is CCOCC(c1ccc(CC)cc1)C(C)C(F)(F)F. The number of benzene rings is 1. The van der Waals surface area contributed by atoms with Crippen molar-refractivity contribution in [1.82, 2.24) is 0 Å². The second kappa shape index (κ2) is 6.94. The maximum absolute atomic E-state index is 12.9. The summed E-state index contributed by atoms with van der Waals surface area (Å²) in [6.07, 6.45) is -3.32. The molecule has 1 aromatic carbocycles. The number of alkyl halides is 3. The van der Waals surface area contributed by atoms with Gasteiger partial charge in [0.1, 0.15) is 0 Å². The Morgan fingerprint density at radius 3 is 2.11 bits per heavy atom. The van der Waals surface area contributed by atoms with Crippen LogP contribution in [0.15, 0.2) is 24.3 Å². The first-order valence-corrected chi connectivity index (χ1v) is 6.63. The molecule has 0 aliphatic carbocycles. The minimum absolute atomic E-state index is 0.0998. The summed E-state index contributed by atoms with van der Waals surface area (Å²) in [6.45, 7) is 5.55. The molecule has 0 radical (unpaired) electrons. The fourth-order valence-corrected chi connectivity index (χ4v) is 2.00. The molecule has 1 nitrogen and oxygen atoms in total. The van der Waals surface area contributed by atoms with E-state index in [4.69, 9.17) is 4.74 Å². The smallest absolute Gasteiger partial charge is 0.381 e. The Bertz CT molecular complexity index is 370. The lowest BCUT2D eigenvalue weighted by Gasteiger charge is -2.26. The van der Waals surface area contributed by atoms with Crippen LogP contribution in [0.1, 0.15) is 37.8 Å². The van der Waals surface area contributed by atoms with E-state index < -0.39 is 18.0 Å². The third-order valence-corrected chi connectivity index (χ3v) is 3.44. The van der Waals surface area contributed by atoms with E-state index in [1.165, 1.54) is 6.92 Å². The first-order chi connectivity index (χ1) is 8.90. The van der Waals surface area contributed by atoms with Gasteiger partial charge >= 0.3 is 6.18 Å². The first-order valence-electron chi connectivity index (χ1n) is 6.63. The molecular formula is C15H21F3O.